The van der Waals surface area contributed by atoms with Crippen LogP contribution in [0.25, 0.3) is 0 Å². The molecule has 1 aliphatic heterocycles. The largest absolute Gasteiger partial charge is 0.484 e. The number of alkyl halides is 3. The van der Waals surface area contributed by atoms with E-state index >= 15 is 0 Å². The third-order valence-corrected chi connectivity index (χ3v) is 4.30. The Morgan fingerprint density at radius 3 is 2.63 bits per heavy atom. The molecule has 2 rings (SSSR count). The molecular weight excluding hydrogens is 373 g/mol. The van der Waals surface area contributed by atoms with E-state index < -0.39 is 46.2 Å². The minimum Gasteiger partial charge on any atom is -0.484 e. The van der Waals surface area contributed by atoms with E-state index in [9.17, 15) is 38.0 Å². The van der Waals surface area contributed by atoms with Gasteiger partial charge in [0.15, 0.2) is 6.61 Å². The second-order valence-corrected chi connectivity index (χ2v) is 6.54. The monoisotopic (exact) mass is 390 g/mol. The van der Waals surface area contributed by atoms with Crippen molar-refractivity contribution >= 4 is 17.6 Å². The van der Waals surface area contributed by atoms with E-state index in [2.05, 4.69) is 4.74 Å². The fourth-order valence-electron chi connectivity index (χ4n) is 2.86. The molecule has 8 nitrogen and oxygen atoms in total. The van der Waals surface area contributed by atoms with Crippen LogP contribution in [0.15, 0.2) is 18.2 Å². The maximum atomic E-state index is 12.7. The van der Waals surface area contributed by atoms with Crippen LogP contribution < -0.4 is 4.74 Å². The highest BCUT2D eigenvalue weighted by atomic mass is 19.4. The summed E-state index contributed by atoms with van der Waals surface area (Å²) in [6.45, 7) is -0.121. The van der Waals surface area contributed by atoms with Gasteiger partial charge in [-0.15, -0.1) is 0 Å². The second-order valence-electron chi connectivity index (χ2n) is 6.54. The van der Waals surface area contributed by atoms with Gasteiger partial charge < -0.3 is 14.7 Å². The number of benzene rings is 1. The zero-order valence-electron chi connectivity index (χ0n) is 14.3. The predicted molar refractivity (Wildman–Crippen MR) is 85.5 cm³/mol. The molecule has 1 saturated heterocycles. The lowest BCUT2D eigenvalue weighted by atomic mass is 9.82. The molecule has 0 saturated carbocycles. The number of likely N-dealkylation sites (tertiary alicyclic amines) is 1. The molecule has 1 unspecified atom stereocenters. The van der Waals surface area contributed by atoms with E-state index in [1.807, 2.05) is 0 Å². The van der Waals surface area contributed by atoms with E-state index in [-0.39, 0.29) is 18.8 Å². The molecule has 0 bridgehead atoms. The molecule has 1 aliphatic rings. The van der Waals surface area contributed by atoms with Crippen LogP contribution in [0.4, 0.5) is 18.9 Å². The first-order chi connectivity index (χ1) is 12.4. The molecule has 0 aliphatic carbocycles. The predicted octanol–water partition coefficient (Wildman–Crippen LogP) is 2.86. The van der Waals surface area contributed by atoms with Crippen LogP contribution in [-0.2, 0) is 4.79 Å². The van der Waals surface area contributed by atoms with Gasteiger partial charge in [-0.2, -0.15) is 13.2 Å². The number of carbonyl (C=O) groups excluding carboxylic acids is 1. The van der Waals surface area contributed by atoms with Crippen molar-refractivity contribution in [2.45, 2.75) is 25.9 Å². The van der Waals surface area contributed by atoms with Crippen molar-refractivity contribution in [3.05, 3.63) is 33.9 Å². The number of nitro benzene ring substituents is 1. The Kier molecular flexibility index (Phi) is 5.62. The summed E-state index contributed by atoms with van der Waals surface area (Å²) >= 11 is 0. The Morgan fingerprint density at radius 1 is 1.41 bits per heavy atom. The summed E-state index contributed by atoms with van der Waals surface area (Å²) in [6, 6.07) is 2.73. The number of hydrogen-bond donors (Lipinski definition) is 1. The van der Waals surface area contributed by atoms with Crippen LogP contribution in [0, 0.1) is 15.5 Å². The molecule has 27 heavy (non-hydrogen) atoms. The number of carboxylic acids is 1. The summed E-state index contributed by atoms with van der Waals surface area (Å²) in [5.41, 5.74) is -2.25. The number of carbonyl (C=O) groups is 2. The van der Waals surface area contributed by atoms with E-state index in [0.29, 0.717) is 12.8 Å². The first-order valence-electron chi connectivity index (χ1n) is 7.94. The Hall–Kier alpha value is -2.85. The molecule has 1 atom stereocenters. The lowest BCUT2D eigenvalue weighted by molar-refractivity contribution is -0.385. The molecule has 0 radical (unpaired) electrons. The quantitative estimate of drug-likeness (QED) is 0.612. The van der Waals surface area contributed by atoms with Crippen molar-refractivity contribution in [1.29, 1.82) is 0 Å². The van der Waals surface area contributed by atoms with Gasteiger partial charge in [-0.1, -0.05) is 0 Å². The van der Waals surface area contributed by atoms with Gasteiger partial charge in [-0.25, -0.2) is 0 Å². The third-order valence-electron chi connectivity index (χ3n) is 4.30. The summed E-state index contributed by atoms with van der Waals surface area (Å²) in [5.74, 6) is -2.28. The molecule has 1 amide bonds. The molecule has 1 heterocycles. The van der Waals surface area contributed by atoms with Crippen molar-refractivity contribution < 1.29 is 37.5 Å². The van der Waals surface area contributed by atoms with Crippen LogP contribution in [0.1, 0.15) is 30.1 Å². The number of amides is 1. The Balaban J connectivity index is 2.32. The summed E-state index contributed by atoms with van der Waals surface area (Å²) < 4.78 is 41.4. The van der Waals surface area contributed by atoms with E-state index in [0.717, 1.165) is 23.1 Å². The van der Waals surface area contributed by atoms with E-state index in [1.54, 1.807) is 0 Å². The average Bonchev–Trinajstić information content (AvgIpc) is 2.58. The van der Waals surface area contributed by atoms with Gasteiger partial charge in [0.1, 0.15) is 11.3 Å². The maximum Gasteiger partial charge on any atom is 0.422 e. The molecule has 1 aromatic rings. The molecule has 0 spiro atoms. The van der Waals surface area contributed by atoms with Crippen molar-refractivity contribution in [2.24, 2.45) is 5.41 Å². The number of nitrogens with zero attached hydrogens (tertiary/aromatic N) is 2. The smallest absolute Gasteiger partial charge is 0.422 e. The number of halogens is 3. The summed E-state index contributed by atoms with van der Waals surface area (Å²) in [6.07, 6.45) is -3.89. The van der Waals surface area contributed by atoms with Gasteiger partial charge in [0.05, 0.1) is 10.3 Å². The molecular formula is C16H17F3N2O6. The van der Waals surface area contributed by atoms with Crippen LogP contribution in [0.2, 0.25) is 0 Å². The number of aliphatic carboxylic acids is 1. The number of piperidine rings is 1. The maximum absolute atomic E-state index is 12.7. The Bertz CT molecular complexity index is 767. The van der Waals surface area contributed by atoms with E-state index in [4.69, 9.17) is 0 Å². The average molecular weight is 390 g/mol. The Morgan fingerprint density at radius 2 is 2.07 bits per heavy atom. The third kappa shape index (κ3) is 4.86. The molecule has 148 valence electrons. The first-order valence-corrected chi connectivity index (χ1v) is 7.94. The summed E-state index contributed by atoms with van der Waals surface area (Å²) in [5, 5.41) is 20.5. The van der Waals surface area contributed by atoms with Gasteiger partial charge in [0.2, 0.25) is 0 Å². The van der Waals surface area contributed by atoms with Crippen LogP contribution >= 0.6 is 0 Å². The van der Waals surface area contributed by atoms with Crippen molar-refractivity contribution in [3.63, 3.8) is 0 Å². The van der Waals surface area contributed by atoms with Gasteiger partial charge in [0, 0.05) is 19.2 Å². The van der Waals surface area contributed by atoms with Crippen LogP contribution in [-0.4, -0.2) is 52.7 Å². The van der Waals surface area contributed by atoms with Gasteiger partial charge >= 0.3 is 12.1 Å². The fourth-order valence-corrected chi connectivity index (χ4v) is 2.86. The minimum atomic E-state index is -4.61. The van der Waals surface area contributed by atoms with Gasteiger partial charge in [-0.05, 0) is 31.9 Å². The highest BCUT2D eigenvalue weighted by molar-refractivity contribution is 5.99. The molecule has 11 heteroatoms. The molecule has 1 N–H and O–H groups in total. The fraction of sp³-hybridized carbons (Fsp3) is 0.500. The summed E-state index contributed by atoms with van der Waals surface area (Å²) in [4.78, 5) is 35.7. The zero-order chi connectivity index (χ0) is 20.4. The Labute approximate surface area is 151 Å². The van der Waals surface area contributed by atoms with Crippen molar-refractivity contribution in [3.8, 4) is 5.75 Å². The van der Waals surface area contributed by atoms with Crippen LogP contribution in [0.5, 0.6) is 5.75 Å². The van der Waals surface area contributed by atoms with E-state index in [1.165, 1.54) is 6.92 Å². The standard InChI is InChI=1S/C16H17F3N2O6/c1-15(14(23)24)5-2-6-20(8-15)13(22)11-7-10(27-9-16(17,18)19)3-4-12(11)21(25)26/h3-4,7H,2,5-6,8-9H2,1H3,(H,23,24). The minimum absolute atomic E-state index is 0.161. The lowest BCUT2D eigenvalue weighted by Crippen LogP contribution is -2.48. The molecule has 0 aromatic heterocycles. The zero-order valence-corrected chi connectivity index (χ0v) is 14.3. The topological polar surface area (TPSA) is 110 Å². The van der Waals surface area contributed by atoms with Crippen molar-refractivity contribution in [1.82, 2.24) is 4.90 Å². The van der Waals surface area contributed by atoms with Crippen molar-refractivity contribution in [2.75, 3.05) is 19.7 Å². The number of ether oxygens (including phenoxy) is 1. The highest BCUT2D eigenvalue weighted by Gasteiger charge is 2.40. The highest BCUT2D eigenvalue weighted by Crippen LogP contribution is 2.33. The molecule has 1 aromatic carbocycles. The normalized spacial score (nSPS) is 20.2. The van der Waals surface area contributed by atoms with Gasteiger partial charge in [0.25, 0.3) is 11.6 Å². The number of hydrogen-bond acceptors (Lipinski definition) is 5. The first kappa shape index (κ1) is 20.5. The number of carboxylic acid groups (broad SMARTS) is 1. The number of nitro groups is 1. The lowest BCUT2D eigenvalue weighted by Gasteiger charge is -2.37. The summed E-state index contributed by atoms with van der Waals surface area (Å²) in [7, 11) is 0. The second kappa shape index (κ2) is 7.41. The number of rotatable bonds is 5. The SMILES string of the molecule is CC1(C(=O)O)CCCN(C(=O)c2cc(OCC(F)(F)F)ccc2[N+](=O)[O-])C1. The molecule has 1 fully saturated rings. The van der Waals surface area contributed by atoms with Crippen LogP contribution in [0.3, 0.4) is 0 Å². The van der Waals surface area contributed by atoms with Gasteiger partial charge in [-0.3, -0.25) is 19.7 Å².